The second kappa shape index (κ2) is 4.94. The van der Waals surface area contributed by atoms with Gasteiger partial charge in [-0.3, -0.25) is 0 Å². The first-order chi connectivity index (χ1) is 6.45. The Morgan fingerprint density at radius 2 is 2.00 bits per heavy atom. The minimum Gasteiger partial charge on any atom is -0.377 e. The maximum Gasteiger partial charge on any atom is 0.104 e. The molecule has 0 spiro atoms. The molecule has 2 fully saturated rings. The fourth-order valence-electron chi connectivity index (χ4n) is 1.76. The zero-order chi connectivity index (χ0) is 8.93. The molecule has 2 aliphatic rings. The third-order valence-electron chi connectivity index (χ3n) is 2.71. The van der Waals surface area contributed by atoms with Crippen molar-refractivity contribution in [3.63, 3.8) is 0 Å². The molecule has 0 aromatic carbocycles. The Morgan fingerprint density at radius 3 is 2.69 bits per heavy atom. The summed E-state index contributed by atoms with van der Waals surface area (Å²) in [7, 11) is 0. The van der Waals surface area contributed by atoms with E-state index in [0.29, 0.717) is 6.10 Å². The van der Waals surface area contributed by atoms with E-state index in [1.54, 1.807) is 0 Å². The van der Waals surface area contributed by atoms with Crippen LogP contribution < -0.4 is 0 Å². The fourth-order valence-corrected chi connectivity index (χ4v) is 1.76. The van der Waals surface area contributed by atoms with Crippen LogP contribution in [0, 0.1) is 0 Å². The van der Waals surface area contributed by atoms with Crippen LogP contribution in [-0.2, 0) is 9.47 Å². The number of hydrogen-bond acceptors (Lipinski definition) is 3. The van der Waals surface area contributed by atoms with E-state index in [4.69, 9.17) is 9.47 Å². The average molecular weight is 185 g/mol. The van der Waals surface area contributed by atoms with Crippen LogP contribution in [0.25, 0.3) is 0 Å². The van der Waals surface area contributed by atoms with Crippen LogP contribution in [0.15, 0.2) is 0 Å². The smallest absolute Gasteiger partial charge is 0.104 e. The highest BCUT2D eigenvalue weighted by Crippen LogP contribution is 2.10. The molecule has 2 saturated heterocycles. The second-order valence-corrected chi connectivity index (χ2v) is 3.93. The number of ether oxygens (including phenoxy) is 2. The van der Waals surface area contributed by atoms with Crippen molar-refractivity contribution in [2.45, 2.75) is 25.4 Å². The predicted molar refractivity (Wildman–Crippen MR) is 50.9 cm³/mol. The fraction of sp³-hybridized carbons (Fsp3) is 1.00. The van der Waals surface area contributed by atoms with Gasteiger partial charge in [-0.2, -0.15) is 0 Å². The van der Waals surface area contributed by atoms with E-state index in [0.717, 1.165) is 26.4 Å². The molecule has 0 aliphatic carbocycles. The molecule has 3 nitrogen and oxygen atoms in total. The van der Waals surface area contributed by atoms with Crippen molar-refractivity contribution < 1.29 is 9.47 Å². The Morgan fingerprint density at radius 1 is 1.23 bits per heavy atom. The summed E-state index contributed by atoms with van der Waals surface area (Å²) in [6, 6.07) is 0. The first-order valence-electron chi connectivity index (χ1n) is 5.37. The van der Waals surface area contributed by atoms with E-state index in [1.165, 1.54) is 32.4 Å². The third kappa shape index (κ3) is 3.63. The third-order valence-corrected chi connectivity index (χ3v) is 2.71. The monoisotopic (exact) mass is 185 g/mol. The highest BCUT2D eigenvalue weighted by Gasteiger charge is 2.22. The Balaban J connectivity index is 1.46. The lowest BCUT2D eigenvalue weighted by molar-refractivity contribution is 0.0855. The van der Waals surface area contributed by atoms with Crippen molar-refractivity contribution in [2.24, 2.45) is 0 Å². The average Bonchev–Trinajstić information content (AvgIpc) is 2.98. The van der Waals surface area contributed by atoms with Gasteiger partial charge in [0.2, 0.25) is 0 Å². The SMILES string of the molecule is C1CCN(CCOC[C@H]2CO2)CC1. The molecule has 0 amide bonds. The van der Waals surface area contributed by atoms with Crippen molar-refractivity contribution in [1.29, 1.82) is 0 Å². The van der Waals surface area contributed by atoms with Crippen LogP contribution >= 0.6 is 0 Å². The molecule has 13 heavy (non-hydrogen) atoms. The van der Waals surface area contributed by atoms with Crippen LogP contribution in [0.1, 0.15) is 19.3 Å². The highest BCUT2D eigenvalue weighted by molar-refractivity contribution is 4.68. The molecule has 0 aromatic heterocycles. The van der Waals surface area contributed by atoms with E-state index in [9.17, 15) is 0 Å². The quantitative estimate of drug-likeness (QED) is 0.470. The molecule has 76 valence electrons. The van der Waals surface area contributed by atoms with Crippen molar-refractivity contribution >= 4 is 0 Å². The molecule has 2 heterocycles. The summed E-state index contributed by atoms with van der Waals surface area (Å²) >= 11 is 0. The van der Waals surface area contributed by atoms with Gasteiger partial charge in [-0.15, -0.1) is 0 Å². The number of nitrogens with zero attached hydrogens (tertiary/aromatic N) is 1. The predicted octanol–water partition coefficient (Wildman–Crippen LogP) is 0.888. The van der Waals surface area contributed by atoms with Crippen molar-refractivity contribution in [2.75, 3.05) is 39.5 Å². The normalized spacial score (nSPS) is 29.1. The molecule has 0 N–H and O–H groups in total. The Labute approximate surface area is 80.0 Å². The molecular formula is C10H19NO2. The molecule has 0 saturated carbocycles. The van der Waals surface area contributed by atoms with Crippen molar-refractivity contribution in [3.05, 3.63) is 0 Å². The maximum atomic E-state index is 5.49. The molecule has 0 unspecified atom stereocenters. The summed E-state index contributed by atoms with van der Waals surface area (Å²) in [5.74, 6) is 0. The van der Waals surface area contributed by atoms with Crippen LogP contribution in [0.3, 0.4) is 0 Å². The minimum absolute atomic E-state index is 0.418. The van der Waals surface area contributed by atoms with Crippen LogP contribution in [0.5, 0.6) is 0 Å². The van der Waals surface area contributed by atoms with E-state index in [-0.39, 0.29) is 0 Å². The summed E-state index contributed by atoms with van der Waals surface area (Å²) in [6.07, 6.45) is 4.56. The van der Waals surface area contributed by atoms with E-state index in [2.05, 4.69) is 4.90 Å². The van der Waals surface area contributed by atoms with Gasteiger partial charge in [0.1, 0.15) is 6.10 Å². The molecule has 0 bridgehead atoms. The molecular weight excluding hydrogens is 166 g/mol. The van der Waals surface area contributed by atoms with E-state index in [1.807, 2.05) is 0 Å². The first-order valence-corrected chi connectivity index (χ1v) is 5.37. The van der Waals surface area contributed by atoms with Gasteiger partial charge in [-0.1, -0.05) is 6.42 Å². The molecule has 0 radical (unpaired) electrons. The molecule has 1 atom stereocenters. The van der Waals surface area contributed by atoms with Gasteiger partial charge in [-0.05, 0) is 25.9 Å². The summed E-state index contributed by atoms with van der Waals surface area (Å²) in [5, 5.41) is 0. The van der Waals surface area contributed by atoms with Crippen molar-refractivity contribution in [3.8, 4) is 0 Å². The lowest BCUT2D eigenvalue weighted by Gasteiger charge is -2.25. The highest BCUT2D eigenvalue weighted by atomic mass is 16.6. The number of likely N-dealkylation sites (tertiary alicyclic amines) is 1. The van der Waals surface area contributed by atoms with Gasteiger partial charge in [-0.25, -0.2) is 0 Å². The van der Waals surface area contributed by atoms with Gasteiger partial charge < -0.3 is 14.4 Å². The Bertz CT molecular complexity index is 142. The van der Waals surface area contributed by atoms with Gasteiger partial charge >= 0.3 is 0 Å². The Hall–Kier alpha value is -0.120. The zero-order valence-electron chi connectivity index (χ0n) is 8.21. The number of hydrogen-bond donors (Lipinski definition) is 0. The maximum absolute atomic E-state index is 5.49. The summed E-state index contributed by atoms with van der Waals surface area (Å²) in [6.45, 7) is 6.22. The summed E-state index contributed by atoms with van der Waals surface area (Å²) in [5.41, 5.74) is 0. The molecule has 2 rings (SSSR count). The van der Waals surface area contributed by atoms with Gasteiger partial charge in [0.15, 0.2) is 0 Å². The summed E-state index contributed by atoms with van der Waals surface area (Å²) < 4.78 is 10.6. The van der Waals surface area contributed by atoms with Crippen LogP contribution in [0.2, 0.25) is 0 Å². The zero-order valence-corrected chi connectivity index (χ0v) is 8.21. The lowest BCUT2D eigenvalue weighted by Crippen LogP contribution is -2.32. The van der Waals surface area contributed by atoms with E-state index < -0.39 is 0 Å². The number of epoxide rings is 1. The largest absolute Gasteiger partial charge is 0.377 e. The van der Waals surface area contributed by atoms with Crippen LogP contribution in [-0.4, -0.2) is 50.5 Å². The summed E-state index contributed by atoms with van der Waals surface area (Å²) in [4.78, 5) is 2.50. The standard InChI is InChI=1S/C10H19NO2/c1-2-4-11(5-3-1)6-7-12-8-10-9-13-10/h10H,1-9H2/t10-/m0/s1. The first kappa shape index (κ1) is 9.44. The van der Waals surface area contributed by atoms with E-state index >= 15 is 0 Å². The topological polar surface area (TPSA) is 25.0 Å². The lowest BCUT2D eigenvalue weighted by atomic mass is 10.1. The van der Waals surface area contributed by atoms with Gasteiger partial charge in [0.05, 0.1) is 19.8 Å². The van der Waals surface area contributed by atoms with Crippen molar-refractivity contribution in [1.82, 2.24) is 4.90 Å². The second-order valence-electron chi connectivity index (χ2n) is 3.93. The van der Waals surface area contributed by atoms with Gasteiger partial charge in [0.25, 0.3) is 0 Å². The molecule has 3 heteroatoms. The Kier molecular flexibility index (Phi) is 3.58. The minimum atomic E-state index is 0.418. The number of piperidine rings is 1. The number of rotatable bonds is 5. The molecule has 2 aliphatic heterocycles. The molecule has 0 aromatic rings. The van der Waals surface area contributed by atoms with Gasteiger partial charge in [0, 0.05) is 6.54 Å². The van der Waals surface area contributed by atoms with Crippen LogP contribution in [0.4, 0.5) is 0 Å².